The monoisotopic (exact) mass is 336 g/mol. The molecule has 0 bridgehead atoms. The summed E-state index contributed by atoms with van der Waals surface area (Å²) >= 11 is 0. The van der Waals surface area contributed by atoms with E-state index >= 15 is 0 Å². The molecule has 0 heterocycles. The number of nitrogens with zero attached hydrogens (tertiary/aromatic N) is 1. The van der Waals surface area contributed by atoms with Gasteiger partial charge in [0, 0.05) is 0 Å². The fourth-order valence-corrected chi connectivity index (χ4v) is 2.74. The third kappa shape index (κ3) is 10.8. The summed E-state index contributed by atoms with van der Waals surface area (Å²) in [5.74, 6) is 0. The van der Waals surface area contributed by atoms with E-state index in [1.165, 1.54) is 82.0 Å². The number of hydrogen-bond acceptors (Lipinski definition) is 1. The third-order valence-corrected chi connectivity index (χ3v) is 4.04. The van der Waals surface area contributed by atoms with Gasteiger partial charge in [0.15, 0.2) is 0 Å². The molecule has 0 atom stereocenters. The number of nitrogens with two attached hydrogens (primary N) is 1. The van der Waals surface area contributed by atoms with Crippen LogP contribution >= 0.6 is 0 Å². The number of hydrogen-bond donors (Lipinski definition) is 1. The first kappa shape index (κ1) is 21.7. The third-order valence-electron chi connectivity index (χ3n) is 4.04. The minimum absolute atomic E-state index is 0. The topological polar surface area (TPSA) is 26.0 Å². The van der Waals surface area contributed by atoms with Gasteiger partial charge in [0.05, 0.1) is 26.2 Å². The van der Waals surface area contributed by atoms with Crippen LogP contribution in [-0.2, 0) is 0 Å². The van der Waals surface area contributed by atoms with Gasteiger partial charge in [-0.3, -0.25) is 0 Å². The van der Waals surface area contributed by atoms with Crippen LogP contribution in [-0.4, -0.2) is 37.2 Å². The van der Waals surface area contributed by atoms with E-state index in [1.807, 2.05) is 0 Å². The number of rotatable bonds is 13. The van der Waals surface area contributed by atoms with Crippen LogP contribution in [0.1, 0.15) is 72.1 Å². The van der Waals surface area contributed by atoms with Gasteiger partial charge in [0.1, 0.15) is 0 Å². The highest BCUT2D eigenvalue weighted by Crippen LogP contribution is 2.16. The SMILES string of the molecule is CCCC[N+](CCCC)(CCCC)CCCCN.[Br-]. The van der Waals surface area contributed by atoms with Crippen molar-refractivity contribution in [2.45, 2.75) is 72.1 Å². The zero-order valence-electron chi connectivity index (χ0n) is 13.6. The van der Waals surface area contributed by atoms with Gasteiger partial charge in [-0.2, -0.15) is 0 Å². The Morgan fingerprint density at radius 1 is 0.632 bits per heavy atom. The van der Waals surface area contributed by atoms with Crippen LogP contribution in [0.4, 0.5) is 0 Å². The Morgan fingerprint density at radius 2 is 1.00 bits per heavy atom. The molecule has 0 aromatic rings. The highest BCUT2D eigenvalue weighted by molar-refractivity contribution is 4.50. The van der Waals surface area contributed by atoms with Gasteiger partial charge in [-0.05, 0) is 38.6 Å². The van der Waals surface area contributed by atoms with E-state index in [0.717, 1.165) is 6.54 Å². The van der Waals surface area contributed by atoms with Gasteiger partial charge in [-0.25, -0.2) is 0 Å². The molecule has 0 saturated carbocycles. The van der Waals surface area contributed by atoms with Gasteiger partial charge < -0.3 is 27.2 Å². The Bertz CT molecular complexity index is 152. The van der Waals surface area contributed by atoms with Crippen molar-refractivity contribution < 1.29 is 21.5 Å². The van der Waals surface area contributed by atoms with Crippen LogP contribution in [0, 0.1) is 0 Å². The second-order valence-corrected chi connectivity index (χ2v) is 5.79. The molecule has 0 fully saturated rings. The number of unbranched alkanes of at least 4 members (excludes halogenated alkanes) is 4. The highest BCUT2D eigenvalue weighted by Gasteiger charge is 2.24. The van der Waals surface area contributed by atoms with Crippen molar-refractivity contribution in [3.63, 3.8) is 0 Å². The summed E-state index contributed by atoms with van der Waals surface area (Å²) in [5.41, 5.74) is 5.65. The van der Waals surface area contributed by atoms with Gasteiger partial charge >= 0.3 is 0 Å². The molecule has 2 N–H and O–H groups in total. The lowest BCUT2D eigenvalue weighted by Crippen LogP contribution is -3.00. The maximum absolute atomic E-state index is 5.65. The van der Waals surface area contributed by atoms with Gasteiger partial charge in [0.2, 0.25) is 0 Å². The van der Waals surface area contributed by atoms with Crippen molar-refractivity contribution in [1.82, 2.24) is 0 Å². The standard InChI is InChI=1S/C16H37N2.BrH/c1-4-7-13-18(14-8-5-2,15-9-6-3)16-11-10-12-17;/h4-17H2,1-3H3;1H/q+1;/p-1. The average Bonchev–Trinajstić information content (AvgIpc) is 2.40. The molecule has 0 amide bonds. The summed E-state index contributed by atoms with van der Waals surface area (Å²) in [6, 6.07) is 0. The molecule has 0 aliphatic rings. The normalized spacial score (nSPS) is 11.4. The fourth-order valence-electron chi connectivity index (χ4n) is 2.74. The summed E-state index contributed by atoms with van der Waals surface area (Å²) in [6.45, 7) is 13.3. The van der Waals surface area contributed by atoms with Crippen LogP contribution in [0.15, 0.2) is 0 Å². The summed E-state index contributed by atoms with van der Waals surface area (Å²) in [5, 5.41) is 0. The van der Waals surface area contributed by atoms with E-state index in [1.54, 1.807) is 0 Å². The quantitative estimate of drug-likeness (QED) is 0.393. The van der Waals surface area contributed by atoms with Crippen molar-refractivity contribution in [2.75, 3.05) is 32.7 Å². The predicted molar refractivity (Wildman–Crippen MR) is 82.7 cm³/mol. The van der Waals surface area contributed by atoms with Crippen LogP contribution in [0.2, 0.25) is 0 Å². The van der Waals surface area contributed by atoms with Crippen molar-refractivity contribution in [3.8, 4) is 0 Å². The summed E-state index contributed by atoms with van der Waals surface area (Å²) in [6.07, 6.45) is 10.7. The maximum Gasteiger partial charge on any atom is 0.0787 e. The van der Waals surface area contributed by atoms with Crippen LogP contribution in [0.3, 0.4) is 0 Å². The first-order chi connectivity index (χ1) is 8.74. The van der Waals surface area contributed by atoms with E-state index in [2.05, 4.69) is 20.8 Å². The minimum Gasteiger partial charge on any atom is -1.00 e. The molecule has 3 heteroatoms. The molecule has 0 aromatic heterocycles. The summed E-state index contributed by atoms with van der Waals surface area (Å²) in [4.78, 5) is 0. The largest absolute Gasteiger partial charge is 1.00 e. The molecule has 118 valence electrons. The zero-order valence-corrected chi connectivity index (χ0v) is 15.2. The van der Waals surface area contributed by atoms with E-state index in [4.69, 9.17) is 5.73 Å². The molecule has 19 heavy (non-hydrogen) atoms. The Hall–Kier alpha value is 0.400. The van der Waals surface area contributed by atoms with Crippen molar-refractivity contribution in [2.24, 2.45) is 5.73 Å². The molecule has 0 aliphatic carbocycles. The van der Waals surface area contributed by atoms with E-state index in [-0.39, 0.29) is 17.0 Å². The lowest BCUT2D eigenvalue weighted by molar-refractivity contribution is -0.929. The fraction of sp³-hybridized carbons (Fsp3) is 1.00. The highest BCUT2D eigenvalue weighted by atomic mass is 79.9. The molecule has 0 aromatic carbocycles. The second kappa shape index (κ2) is 14.8. The van der Waals surface area contributed by atoms with Crippen LogP contribution in [0.25, 0.3) is 0 Å². The first-order valence-corrected chi connectivity index (χ1v) is 8.29. The van der Waals surface area contributed by atoms with Crippen LogP contribution < -0.4 is 22.7 Å². The summed E-state index contributed by atoms with van der Waals surface area (Å²) in [7, 11) is 0. The lowest BCUT2D eigenvalue weighted by atomic mass is 10.1. The van der Waals surface area contributed by atoms with E-state index in [0.29, 0.717) is 0 Å². The second-order valence-electron chi connectivity index (χ2n) is 5.79. The Balaban J connectivity index is 0. The van der Waals surface area contributed by atoms with Crippen molar-refractivity contribution in [3.05, 3.63) is 0 Å². The van der Waals surface area contributed by atoms with Gasteiger partial charge in [0.25, 0.3) is 0 Å². The van der Waals surface area contributed by atoms with E-state index in [9.17, 15) is 0 Å². The molecular formula is C16H37BrN2. The van der Waals surface area contributed by atoms with Gasteiger partial charge in [-0.15, -0.1) is 0 Å². The van der Waals surface area contributed by atoms with Gasteiger partial charge in [-0.1, -0.05) is 40.0 Å². The summed E-state index contributed by atoms with van der Waals surface area (Å²) < 4.78 is 1.37. The van der Waals surface area contributed by atoms with E-state index < -0.39 is 0 Å². The Morgan fingerprint density at radius 3 is 1.32 bits per heavy atom. The van der Waals surface area contributed by atoms with Crippen LogP contribution in [0.5, 0.6) is 0 Å². The molecular weight excluding hydrogens is 300 g/mol. The zero-order chi connectivity index (χ0) is 13.7. The van der Waals surface area contributed by atoms with Crippen molar-refractivity contribution >= 4 is 0 Å². The molecule has 0 saturated heterocycles. The molecule has 2 nitrogen and oxygen atoms in total. The van der Waals surface area contributed by atoms with Crippen molar-refractivity contribution in [1.29, 1.82) is 0 Å². The maximum atomic E-state index is 5.65. The lowest BCUT2D eigenvalue weighted by Gasteiger charge is -2.39. The molecule has 0 spiro atoms. The Labute approximate surface area is 132 Å². The molecule has 0 rings (SSSR count). The Kier molecular flexibility index (Phi) is 16.9. The minimum atomic E-state index is 0. The smallest absolute Gasteiger partial charge is 0.0787 e. The molecule has 0 aliphatic heterocycles. The average molecular weight is 337 g/mol. The number of halogens is 1. The first-order valence-electron chi connectivity index (χ1n) is 8.29. The number of quaternary nitrogens is 1. The molecule has 0 radical (unpaired) electrons. The molecule has 0 unspecified atom stereocenters. The predicted octanol–water partition coefficient (Wildman–Crippen LogP) is 0.946.